The van der Waals surface area contributed by atoms with Gasteiger partial charge in [-0.1, -0.05) is 0 Å². The Morgan fingerprint density at radius 2 is 1.83 bits per heavy atom. The SMILES string of the molecule is COc1cc2c(cc1O)C(Cc1cc(I)c(OC)c(I)c1)NCC2. The molecule has 0 bridgehead atoms. The number of rotatable bonds is 4. The summed E-state index contributed by atoms with van der Waals surface area (Å²) in [5, 5.41) is 13.7. The Morgan fingerprint density at radius 3 is 2.46 bits per heavy atom. The molecule has 24 heavy (non-hydrogen) atoms. The maximum Gasteiger partial charge on any atom is 0.160 e. The minimum atomic E-state index is 0.186. The third kappa shape index (κ3) is 3.60. The zero-order valence-electron chi connectivity index (χ0n) is 13.5. The van der Waals surface area contributed by atoms with Crippen molar-refractivity contribution in [1.82, 2.24) is 5.32 Å². The summed E-state index contributed by atoms with van der Waals surface area (Å²) in [7, 11) is 3.29. The topological polar surface area (TPSA) is 50.7 Å². The van der Waals surface area contributed by atoms with Gasteiger partial charge in [0.05, 0.1) is 21.4 Å². The predicted molar refractivity (Wildman–Crippen MR) is 111 cm³/mol. The summed E-state index contributed by atoms with van der Waals surface area (Å²) in [6, 6.07) is 8.32. The molecule has 0 aromatic heterocycles. The second-order valence-electron chi connectivity index (χ2n) is 5.78. The number of benzene rings is 2. The molecule has 0 saturated carbocycles. The molecule has 0 spiro atoms. The number of fused-ring (bicyclic) bond motifs is 1. The zero-order chi connectivity index (χ0) is 17.3. The molecule has 4 nitrogen and oxygen atoms in total. The highest BCUT2D eigenvalue weighted by molar-refractivity contribution is 14.1. The number of nitrogens with one attached hydrogen (secondary N) is 1. The molecule has 1 unspecified atom stereocenters. The van der Waals surface area contributed by atoms with E-state index in [1.54, 1.807) is 14.2 Å². The molecule has 1 atom stereocenters. The van der Waals surface area contributed by atoms with Crippen LogP contribution in [0, 0.1) is 7.14 Å². The summed E-state index contributed by atoms with van der Waals surface area (Å²) < 4.78 is 12.9. The quantitative estimate of drug-likeness (QED) is 0.564. The number of ether oxygens (including phenoxy) is 2. The molecule has 2 aromatic rings. The van der Waals surface area contributed by atoms with E-state index in [1.807, 2.05) is 12.1 Å². The smallest absolute Gasteiger partial charge is 0.160 e. The molecule has 1 aliphatic heterocycles. The van der Waals surface area contributed by atoms with Crippen molar-refractivity contribution in [2.24, 2.45) is 0 Å². The van der Waals surface area contributed by atoms with E-state index in [-0.39, 0.29) is 11.8 Å². The van der Waals surface area contributed by atoms with Crippen LogP contribution in [0.1, 0.15) is 22.7 Å². The van der Waals surface area contributed by atoms with Gasteiger partial charge in [-0.2, -0.15) is 0 Å². The lowest BCUT2D eigenvalue weighted by molar-refractivity contribution is 0.370. The number of phenols is 1. The fourth-order valence-electron chi connectivity index (χ4n) is 3.17. The molecule has 1 aliphatic rings. The highest BCUT2D eigenvalue weighted by atomic mass is 127. The number of halogens is 2. The van der Waals surface area contributed by atoms with Gasteiger partial charge in [-0.25, -0.2) is 0 Å². The monoisotopic (exact) mass is 551 g/mol. The molecular formula is C18H19I2NO3. The van der Waals surface area contributed by atoms with Gasteiger partial charge in [0.1, 0.15) is 5.75 Å². The van der Waals surface area contributed by atoms with Crippen molar-refractivity contribution < 1.29 is 14.6 Å². The second kappa shape index (κ2) is 7.65. The van der Waals surface area contributed by atoms with E-state index >= 15 is 0 Å². The molecule has 0 aliphatic carbocycles. The Bertz CT molecular complexity index is 741. The van der Waals surface area contributed by atoms with E-state index in [1.165, 1.54) is 11.1 Å². The Kier molecular flexibility index (Phi) is 5.76. The van der Waals surface area contributed by atoms with Gasteiger partial charge in [0.25, 0.3) is 0 Å². The lowest BCUT2D eigenvalue weighted by Crippen LogP contribution is -2.31. The molecule has 0 fully saturated rings. The average molecular weight is 551 g/mol. The molecule has 0 saturated heterocycles. The van der Waals surface area contributed by atoms with Crippen LogP contribution in [0.2, 0.25) is 0 Å². The van der Waals surface area contributed by atoms with E-state index in [2.05, 4.69) is 62.6 Å². The van der Waals surface area contributed by atoms with Crippen LogP contribution in [0.5, 0.6) is 17.2 Å². The summed E-state index contributed by atoms with van der Waals surface area (Å²) in [6.07, 6.45) is 1.81. The summed E-state index contributed by atoms with van der Waals surface area (Å²) >= 11 is 4.63. The second-order valence-corrected chi connectivity index (χ2v) is 8.10. The largest absolute Gasteiger partial charge is 0.504 e. The summed E-state index contributed by atoms with van der Waals surface area (Å²) in [5.41, 5.74) is 3.65. The fraction of sp³-hybridized carbons (Fsp3) is 0.333. The fourth-order valence-corrected chi connectivity index (χ4v) is 5.50. The minimum Gasteiger partial charge on any atom is -0.504 e. The van der Waals surface area contributed by atoms with Crippen molar-refractivity contribution >= 4 is 45.2 Å². The van der Waals surface area contributed by atoms with Crippen LogP contribution in [0.25, 0.3) is 0 Å². The van der Waals surface area contributed by atoms with E-state index in [0.29, 0.717) is 5.75 Å². The van der Waals surface area contributed by atoms with E-state index in [9.17, 15) is 5.11 Å². The van der Waals surface area contributed by atoms with Gasteiger partial charge in [-0.3, -0.25) is 0 Å². The number of hydrogen-bond acceptors (Lipinski definition) is 4. The molecule has 3 rings (SSSR count). The van der Waals surface area contributed by atoms with Gasteiger partial charge in [-0.15, -0.1) is 0 Å². The summed E-state index contributed by atoms with van der Waals surface area (Å²) in [6.45, 7) is 0.927. The van der Waals surface area contributed by atoms with Gasteiger partial charge in [0, 0.05) is 6.04 Å². The molecular weight excluding hydrogens is 532 g/mol. The normalized spacial score (nSPS) is 16.6. The highest BCUT2D eigenvalue weighted by Gasteiger charge is 2.23. The van der Waals surface area contributed by atoms with Crippen molar-refractivity contribution in [1.29, 1.82) is 0 Å². The van der Waals surface area contributed by atoms with Gasteiger partial charge in [0.15, 0.2) is 11.5 Å². The minimum absolute atomic E-state index is 0.186. The van der Waals surface area contributed by atoms with Crippen molar-refractivity contribution in [2.45, 2.75) is 18.9 Å². The standard InChI is InChI=1S/C18H19I2NO3/c1-23-17-8-11-3-4-21-15(12(11)9-16(17)22)7-10-5-13(19)18(24-2)14(20)6-10/h5-6,8-9,15,21-22H,3-4,7H2,1-2H3. The molecule has 2 aromatic carbocycles. The lowest BCUT2D eigenvalue weighted by Gasteiger charge is -2.28. The predicted octanol–water partition coefficient (Wildman–Crippen LogP) is 4.05. The van der Waals surface area contributed by atoms with Gasteiger partial charge in [0.2, 0.25) is 0 Å². The summed E-state index contributed by atoms with van der Waals surface area (Å²) in [5.74, 6) is 1.67. The first kappa shape index (κ1) is 18.1. The Labute approximate surface area is 169 Å². The lowest BCUT2D eigenvalue weighted by atomic mass is 9.90. The van der Waals surface area contributed by atoms with Crippen LogP contribution >= 0.6 is 45.2 Å². The van der Waals surface area contributed by atoms with Crippen LogP contribution in [0.15, 0.2) is 24.3 Å². The van der Waals surface area contributed by atoms with Crippen LogP contribution in [-0.2, 0) is 12.8 Å². The maximum atomic E-state index is 10.1. The number of aromatic hydroxyl groups is 1. The van der Waals surface area contributed by atoms with Crippen molar-refractivity contribution in [3.05, 3.63) is 48.1 Å². The van der Waals surface area contributed by atoms with Crippen LogP contribution in [-0.4, -0.2) is 25.9 Å². The first-order valence-electron chi connectivity index (χ1n) is 7.68. The molecule has 2 N–H and O–H groups in total. The van der Waals surface area contributed by atoms with Gasteiger partial charge >= 0.3 is 0 Å². The average Bonchev–Trinajstić information content (AvgIpc) is 2.54. The maximum absolute atomic E-state index is 10.1. The van der Waals surface area contributed by atoms with Crippen molar-refractivity contribution in [3.8, 4) is 17.2 Å². The number of hydrogen-bond donors (Lipinski definition) is 2. The Balaban J connectivity index is 1.92. The van der Waals surface area contributed by atoms with Crippen LogP contribution in [0.3, 0.4) is 0 Å². The van der Waals surface area contributed by atoms with Crippen molar-refractivity contribution in [2.75, 3.05) is 20.8 Å². The van der Waals surface area contributed by atoms with Gasteiger partial charge < -0.3 is 19.9 Å². The van der Waals surface area contributed by atoms with Crippen molar-refractivity contribution in [3.63, 3.8) is 0 Å². The van der Waals surface area contributed by atoms with Crippen LogP contribution in [0.4, 0.5) is 0 Å². The molecule has 0 amide bonds. The van der Waals surface area contributed by atoms with E-state index in [0.717, 1.165) is 37.8 Å². The summed E-state index contributed by atoms with van der Waals surface area (Å²) in [4.78, 5) is 0. The third-order valence-electron chi connectivity index (χ3n) is 4.30. The Hall–Kier alpha value is -0.740. The first-order chi connectivity index (χ1) is 11.5. The van der Waals surface area contributed by atoms with Gasteiger partial charge in [-0.05, 0) is 106 Å². The molecule has 128 valence electrons. The molecule has 1 heterocycles. The first-order valence-corrected chi connectivity index (χ1v) is 9.84. The molecule has 6 heteroatoms. The molecule has 0 radical (unpaired) electrons. The van der Waals surface area contributed by atoms with E-state index in [4.69, 9.17) is 9.47 Å². The zero-order valence-corrected chi connectivity index (χ0v) is 17.8. The highest BCUT2D eigenvalue weighted by Crippen LogP contribution is 2.36. The number of methoxy groups -OCH3 is 2. The van der Waals surface area contributed by atoms with E-state index < -0.39 is 0 Å². The third-order valence-corrected chi connectivity index (χ3v) is 5.91. The van der Waals surface area contributed by atoms with Crippen LogP contribution < -0.4 is 14.8 Å². The Morgan fingerprint density at radius 1 is 1.12 bits per heavy atom. The number of phenolic OH excluding ortho intramolecular Hbond substituents is 1.